The predicted molar refractivity (Wildman–Crippen MR) is 50.5 cm³/mol. The van der Waals surface area contributed by atoms with Crippen LogP contribution < -0.4 is 5.32 Å². The van der Waals surface area contributed by atoms with Gasteiger partial charge >= 0.3 is 5.97 Å². The Morgan fingerprint density at radius 3 is 3.08 bits per heavy atom. The van der Waals surface area contributed by atoms with E-state index in [4.69, 9.17) is 4.74 Å². The minimum absolute atomic E-state index is 0.0445. The molecule has 1 heterocycles. The second kappa shape index (κ2) is 5.97. The van der Waals surface area contributed by atoms with E-state index >= 15 is 0 Å². The molecule has 0 amide bonds. The topological polar surface area (TPSA) is 40.4 Å². The SMILES string of the molecule is CCCCOC(=O)C1CCC[N]C1. The molecule has 3 heteroatoms. The highest BCUT2D eigenvalue weighted by atomic mass is 16.5. The Hall–Kier alpha value is -0.570. The van der Waals surface area contributed by atoms with Crippen LogP contribution in [0.2, 0.25) is 0 Å². The summed E-state index contributed by atoms with van der Waals surface area (Å²) in [6.45, 7) is 4.25. The molecule has 1 rings (SSSR count). The van der Waals surface area contributed by atoms with Crippen molar-refractivity contribution in [2.24, 2.45) is 5.92 Å². The van der Waals surface area contributed by atoms with Gasteiger partial charge in [0, 0.05) is 13.1 Å². The highest BCUT2D eigenvalue weighted by molar-refractivity contribution is 5.72. The fourth-order valence-electron chi connectivity index (χ4n) is 1.42. The first-order valence-corrected chi connectivity index (χ1v) is 5.14. The number of carbonyl (C=O) groups is 1. The van der Waals surface area contributed by atoms with Gasteiger partial charge in [-0.05, 0) is 19.3 Å². The zero-order valence-electron chi connectivity index (χ0n) is 8.29. The molecule has 0 spiro atoms. The average molecular weight is 184 g/mol. The summed E-state index contributed by atoms with van der Waals surface area (Å²) in [4.78, 5) is 11.4. The largest absolute Gasteiger partial charge is 0.465 e. The van der Waals surface area contributed by atoms with Crippen molar-refractivity contribution in [1.82, 2.24) is 5.32 Å². The van der Waals surface area contributed by atoms with E-state index in [9.17, 15) is 4.79 Å². The number of hydrogen-bond acceptors (Lipinski definition) is 2. The van der Waals surface area contributed by atoms with Crippen molar-refractivity contribution in [3.8, 4) is 0 Å². The van der Waals surface area contributed by atoms with Crippen molar-refractivity contribution in [3.63, 3.8) is 0 Å². The van der Waals surface area contributed by atoms with Crippen molar-refractivity contribution in [2.75, 3.05) is 19.7 Å². The number of hydrogen-bond donors (Lipinski definition) is 0. The van der Waals surface area contributed by atoms with Gasteiger partial charge in [0.15, 0.2) is 0 Å². The van der Waals surface area contributed by atoms with Gasteiger partial charge in [-0.3, -0.25) is 4.79 Å². The molecule has 1 atom stereocenters. The summed E-state index contributed by atoms with van der Waals surface area (Å²) < 4.78 is 5.12. The van der Waals surface area contributed by atoms with Crippen LogP contribution in [0, 0.1) is 5.92 Å². The Morgan fingerprint density at radius 2 is 2.46 bits per heavy atom. The second-order valence-electron chi connectivity index (χ2n) is 3.49. The molecule has 0 saturated carbocycles. The van der Waals surface area contributed by atoms with E-state index in [0.717, 1.165) is 32.2 Å². The summed E-state index contributed by atoms with van der Waals surface area (Å²) >= 11 is 0. The van der Waals surface area contributed by atoms with Crippen LogP contribution in [0.15, 0.2) is 0 Å². The number of unbranched alkanes of at least 4 members (excludes halogenated alkanes) is 1. The Bertz CT molecular complexity index is 153. The molecule has 0 N–H and O–H groups in total. The lowest BCUT2D eigenvalue weighted by Gasteiger charge is -2.19. The monoisotopic (exact) mass is 184 g/mol. The fraction of sp³-hybridized carbons (Fsp3) is 0.900. The van der Waals surface area contributed by atoms with E-state index in [1.807, 2.05) is 0 Å². The predicted octanol–water partition coefficient (Wildman–Crippen LogP) is 1.34. The molecule has 1 saturated heterocycles. The van der Waals surface area contributed by atoms with Crippen molar-refractivity contribution in [2.45, 2.75) is 32.6 Å². The molecule has 1 aliphatic rings. The zero-order chi connectivity index (χ0) is 9.52. The lowest BCUT2D eigenvalue weighted by molar-refractivity contribution is -0.149. The van der Waals surface area contributed by atoms with Gasteiger partial charge in [0.1, 0.15) is 0 Å². The Kier molecular flexibility index (Phi) is 4.83. The number of rotatable bonds is 4. The number of piperidine rings is 1. The van der Waals surface area contributed by atoms with Crippen molar-refractivity contribution >= 4 is 5.97 Å². The lowest BCUT2D eigenvalue weighted by Crippen LogP contribution is -2.31. The van der Waals surface area contributed by atoms with E-state index in [1.165, 1.54) is 0 Å². The highest BCUT2D eigenvalue weighted by Gasteiger charge is 2.22. The molecule has 1 fully saturated rings. The third-order valence-corrected chi connectivity index (χ3v) is 2.29. The van der Waals surface area contributed by atoms with E-state index < -0.39 is 0 Å². The third kappa shape index (κ3) is 3.77. The molecule has 0 aliphatic carbocycles. The first-order chi connectivity index (χ1) is 6.34. The van der Waals surface area contributed by atoms with Crippen LogP contribution >= 0.6 is 0 Å². The van der Waals surface area contributed by atoms with Gasteiger partial charge in [-0.1, -0.05) is 13.3 Å². The minimum atomic E-state index is -0.0445. The van der Waals surface area contributed by atoms with Crippen LogP contribution in [-0.4, -0.2) is 25.7 Å². The summed E-state index contributed by atoms with van der Waals surface area (Å²) in [5, 5.41) is 4.21. The van der Waals surface area contributed by atoms with Crippen molar-refractivity contribution < 1.29 is 9.53 Å². The van der Waals surface area contributed by atoms with Crippen molar-refractivity contribution in [1.29, 1.82) is 0 Å². The molecule has 1 unspecified atom stereocenters. The van der Waals surface area contributed by atoms with E-state index in [-0.39, 0.29) is 11.9 Å². The Balaban J connectivity index is 2.13. The smallest absolute Gasteiger partial charge is 0.310 e. The molecule has 1 aliphatic heterocycles. The van der Waals surface area contributed by atoms with Crippen LogP contribution in [0.5, 0.6) is 0 Å². The summed E-state index contributed by atoms with van der Waals surface area (Å²) in [5.41, 5.74) is 0. The highest BCUT2D eigenvalue weighted by Crippen LogP contribution is 2.12. The standard InChI is InChI=1S/C10H18NO2/c1-2-3-7-13-10(12)9-5-4-6-11-8-9/h9H,2-8H2,1H3. The summed E-state index contributed by atoms with van der Waals surface area (Å²) in [6, 6.07) is 0. The van der Waals surface area contributed by atoms with Crippen molar-refractivity contribution in [3.05, 3.63) is 0 Å². The molecular formula is C10H18NO2. The summed E-state index contributed by atoms with van der Waals surface area (Å²) in [7, 11) is 0. The summed E-state index contributed by atoms with van der Waals surface area (Å²) in [5.74, 6) is 0.00232. The van der Waals surface area contributed by atoms with Gasteiger partial charge in [-0.2, -0.15) is 0 Å². The minimum Gasteiger partial charge on any atom is -0.465 e. The van der Waals surface area contributed by atoms with Gasteiger partial charge in [0.05, 0.1) is 12.5 Å². The molecule has 3 nitrogen and oxygen atoms in total. The first kappa shape index (κ1) is 10.5. The van der Waals surface area contributed by atoms with Gasteiger partial charge in [0.25, 0.3) is 0 Å². The zero-order valence-corrected chi connectivity index (χ0v) is 8.29. The molecule has 1 radical (unpaired) electrons. The third-order valence-electron chi connectivity index (χ3n) is 2.29. The van der Waals surface area contributed by atoms with Crippen LogP contribution in [-0.2, 0) is 9.53 Å². The van der Waals surface area contributed by atoms with Gasteiger partial charge in [-0.25, -0.2) is 5.32 Å². The van der Waals surface area contributed by atoms with Crippen LogP contribution in [0.1, 0.15) is 32.6 Å². The lowest BCUT2D eigenvalue weighted by atomic mass is 10.0. The Labute approximate surface area is 79.8 Å². The first-order valence-electron chi connectivity index (χ1n) is 5.14. The number of carbonyl (C=O) groups excluding carboxylic acids is 1. The van der Waals surface area contributed by atoms with Gasteiger partial charge in [0.2, 0.25) is 0 Å². The van der Waals surface area contributed by atoms with Crippen LogP contribution in [0.25, 0.3) is 0 Å². The molecular weight excluding hydrogens is 166 g/mol. The quantitative estimate of drug-likeness (QED) is 0.488. The molecule has 0 bridgehead atoms. The molecule has 13 heavy (non-hydrogen) atoms. The number of ether oxygens (including phenoxy) is 1. The van der Waals surface area contributed by atoms with Gasteiger partial charge in [-0.15, -0.1) is 0 Å². The molecule has 0 aromatic carbocycles. The van der Waals surface area contributed by atoms with Crippen LogP contribution in [0.4, 0.5) is 0 Å². The molecule has 0 aromatic heterocycles. The number of nitrogens with zero attached hydrogens (tertiary/aromatic N) is 1. The molecule has 0 aromatic rings. The fourth-order valence-corrected chi connectivity index (χ4v) is 1.42. The normalized spacial score (nSPS) is 22.7. The average Bonchev–Trinajstić information content (AvgIpc) is 2.19. The van der Waals surface area contributed by atoms with Crippen LogP contribution in [0.3, 0.4) is 0 Å². The Morgan fingerprint density at radius 1 is 1.62 bits per heavy atom. The maximum absolute atomic E-state index is 11.4. The number of esters is 1. The maximum Gasteiger partial charge on any atom is 0.310 e. The van der Waals surface area contributed by atoms with E-state index in [2.05, 4.69) is 12.2 Å². The molecule has 75 valence electrons. The van der Waals surface area contributed by atoms with E-state index in [0.29, 0.717) is 13.2 Å². The van der Waals surface area contributed by atoms with Gasteiger partial charge < -0.3 is 4.74 Å². The summed E-state index contributed by atoms with van der Waals surface area (Å²) in [6.07, 6.45) is 4.03. The van der Waals surface area contributed by atoms with E-state index in [1.54, 1.807) is 0 Å². The maximum atomic E-state index is 11.4. The second-order valence-corrected chi connectivity index (χ2v) is 3.49.